The molecule has 0 aromatic heterocycles. The molecule has 0 fully saturated rings. The number of hydrogen-bond donors (Lipinski definition) is 2. The number of methoxy groups -OCH3 is 2. The molecule has 1 amide bonds. The van der Waals surface area contributed by atoms with E-state index in [0.717, 1.165) is 25.2 Å². The van der Waals surface area contributed by atoms with Crippen molar-refractivity contribution in [1.82, 2.24) is 0 Å². The van der Waals surface area contributed by atoms with Crippen molar-refractivity contribution >= 4 is 29.4 Å². The summed E-state index contributed by atoms with van der Waals surface area (Å²) >= 11 is 0. The minimum atomic E-state index is -1.06. The van der Waals surface area contributed by atoms with E-state index < -0.39 is 35.4 Å². The Morgan fingerprint density at radius 3 is 2.21 bits per heavy atom. The Morgan fingerprint density at radius 2 is 1.68 bits per heavy atom. The van der Waals surface area contributed by atoms with Gasteiger partial charge in [0, 0.05) is 6.07 Å². The first-order valence-electron chi connectivity index (χ1n) is 11.4. The van der Waals surface area contributed by atoms with E-state index >= 15 is 4.39 Å². The van der Waals surface area contributed by atoms with Gasteiger partial charge in [-0.15, -0.1) is 0 Å². The number of benzene rings is 2. The highest BCUT2D eigenvalue weighted by Crippen LogP contribution is 2.43. The van der Waals surface area contributed by atoms with Gasteiger partial charge in [0.2, 0.25) is 0 Å². The van der Waals surface area contributed by atoms with Crippen molar-refractivity contribution in [3.63, 3.8) is 0 Å². The first-order chi connectivity index (χ1) is 17.9. The van der Waals surface area contributed by atoms with Crippen LogP contribution in [-0.2, 0) is 23.8 Å². The Bertz CT molecular complexity index is 1370. The number of anilines is 2. The smallest absolute Gasteiger partial charge is 0.412 e. The molecule has 1 unspecified atom stereocenters. The van der Waals surface area contributed by atoms with Gasteiger partial charge in [-0.2, -0.15) is 5.26 Å². The molecule has 3 rings (SSSR count). The zero-order chi connectivity index (χ0) is 28.2. The van der Waals surface area contributed by atoms with Gasteiger partial charge >= 0.3 is 18.0 Å². The highest BCUT2D eigenvalue weighted by atomic mass is 19.1. The van der Waals surface area contributed by atoms with Crippen LogP contribution in [0, 0.1) is 17.1 Å². The lowest BCUT2D eigenvalue weighted by molar-refractivity contribution is -0.139. The molecule has 3 N–H and O–H groups in total. The van der Waals surface area contributed by atoms with Crippen LogP contribution in [0.5, 0.6) is 0 Å². The fraction of sp³-hybridized carbons (Fsp3) is 0.259. The number of nitrogens with zero attached hydrogens (tertiary/aromatic N) is 2. The second-order valence-corrected chi connectivity index (χ2v) is 9.13. The van der Waals surface area contributed by atoms with Crippen LogP contribution in [0.25, 0.3) is 0 Å². The van der Waals surface area contributed by atoms with Crippen molar-refractivity contribution < 1.29 is 33.0 Å². The summed E-state index contributed by atoms with van der Waals surface area (Å²) in [6.07, 6.45) is -0.873. The van der Waals surface area contributed by atoms with Crippen LogP contribution in [0.3, 0.4) is 0 Å². The minimum Gasteiger partial charge on any atom is -0.466 e. The van der Waals surface area contributed by atoms with Crippen LogP contribution >= 0.6 is 0 Å². The van der Waals surface area contributed by atoms with Crippen LogP contribution in [0.2, 0.25) is 0 Å². The maximum atomic E-state index is 15.1. The molecule has 0 saturated carbocycles. The van der Waals surface area contributed by atoms with E-state index in [-0.39, 0.29) is 34.0 Å². The quantitative estimate of drug-likeness (QED) is 0.438. The van der Waals surface area contributed by atoms with E-state index in [0.29, 0.717) is 5.56 Å². The molecule has 0 bridgehead atoms. The van der Waals surface area contributed by atoms with Crippen molar-refractivity contribution in [2.24, 2.45) is 5.73 Å². The highest BCUT2D eigenvalue weighted by molar-refractivity contribution is 6.06. The van der Waals surface area contributed by atoms with Crippen LogP contribution in [0.4, 0.5) is 20.6 Å². The first-order valence-corrected chi connectivity index (χ1v) is 11.4. The summed E-state index contributed by atoms with van der Waals surface area (Å²) < 4.78 is 30.2. The standard InChI is InChI=1S/C27H27FN4O6/c1-27(2,3)38-26(35)31-19-12-11-16(13-18(19)28)32-22(25(34)37-5)21(24(33)36-4)20(17(14-29)23(32)30)15-9-7-6-8-10-15/h6-13,20H,30H2,1-5H3,(H,31,35). The third-order valence-corrected chi connectivity index (χ3v) is 5.46. The number of carbonyl (C=O) groups excluding carboxylic acids is 3. The number of halogens is 1. The SMILES string of the molecule is COC(=O)C1=C(C(=O)OC)N(c2ccc(NC(=O)OC(C)(C)C)c(F)c2)C(N)=C(C#N)C1c1ccccc1. The van der Waals surface area contributed by atoms with Gasteiger partial charge in [0.25, 0.3) is 0 Å². The van der Waals surface area contributed by atoms with Crippen LogP contribution in [0.1, 0.15) is 32.3 Å². The summed E-state index contributed by atoms with van der Waals surface area (Å²) in [5, 5.41) is 12.4. The van der Waals surface area contributed by atoms with E-state index in [1.54, 1.807) is 51.1 Å². The molecule has 11 heteroatoms. The molecular weight excluding hydrogens is 495 g/mol. The van der Waals surface area contributed by atoms with Crippen LogP contribution < -0.4 is 16.0 Å². The summed E-state index contributed by atoms with van der Waals surface area (Å²) in [7, 11) is 2.23. The molecular formula is C27H27FN4O6. The molecule has 0 saturated heterocycles. The summed E-state index contributed by atoms with van der Waals surface area (Å²) in [6, 6.07) is 14.0. The topological polar surface area (TPSA) is 144 Å². The number of ether oxygens (including phenoxy) is 3. The molecule has 1 aliphatic heterocycles. The maximum absolute atomic E-state index is 15.1. The average molecular weight is 523 g/mol. The lowest BCUT2D eigenvalue weighted by Gasteiger charge is -2.36. The van der Waals surface area contributed by atoms with Crippen molar-refractivity contribution in [1.29, 1.82) is 5.26 Å². The number of nitrogens with two attached hydrogens (primary N) is 1. The van der Waals surface area contributed by atoms with Crippen LogP contribution in [-0.4, -0.2) is 37.9 Å². The average Bonchev–Trinajstić information content (AvgIpc) is 2.87. The number of rotatable bonds is 5. The first kappa shape index (κ1) is 27.7. The molecule has 198 valence electrons. The highest BCUT2D eigenvalue weighted by Gasteiger charge is 2.43. The number of nitrogens with one attached hydrogen (secondary N) is 1. The van der Waals surface area contributed by atoms with Crippen molar-refractivity contribution in [2.45, 2.75) is 32.3 Å². The molecule has 1 aliphatic rings. The van der Waals surface area contributed by atoms with Gasteiger partial charge in [-0.3, -0.25) is 10.2 Å². The predicted octanol–water partition coefficient (Wildman–Crippen LogP) is 4.07. The van der Waals surface area contributed by atoms with Gasteiger partial charge in [0.15, 0.2) is 0 Å². The van der Waals surface area contributed by atoms with Crippen LogP contribution in [0.15, 0.2) is 71.2 Å². The molecule has 2 aromatic rings. The second kappa shape index (κ2) is 11.0. The summed E-state index contributed by atoms with van der Waals surface area (Å²) in [6.45, 7) is 4.98. The molecule has 2 aromatic carbocycles. The number of esters is 2. The molecule has 38 heavy (non-hydrogen) atoms. The third-order valence-electron chi connectivity index (χ3n) is 5.46. The van der Waals surface area contributed by atoms with Gasteiger partial charge < -0.3 is 19.9 Å². The lowest BCUT2D eigenvalue weighted by atomic mass is 9.81. The molecule has 10 nitrogen and oxygen atoms in total. The largest absolute Gasteiger partial charge is 0.466 e. The van der Waals surface area contributed by atoms with Gasteiger partial charge in [0.1, 0.15) is 22.9 Å². The molecule has 1 atom stereocenters. The summed E-state index contributed by atoms with van der Waals surface area (Å²) in [5.41, 5.74) is 5.23. The van der Waals surface area contributed by atoms with E-state index in [4.69, 9.17) is 19.9 Å². The van der Waals surface area contributed by atoms with E-state index in [9.17, 15) is 19.6 Å². The fourth-order valence-corrected chi connectivity index (χ4v) is 3.94. The second-order valence-electron chi connectivity index (χ2n) is 9.13. The van der Waals surface area contributed by atoms with Gasteiger partial charge in [-0.1, -0.05) is 30.3 Å². The Hall–Kier alpha value is -4.85. The Kier molecular flexibility index (Phi) is 8.06. The number of carbonyl (C=O) groups is 3. The van der Waals surface area contributed by atoms with E-state index in [1.165, 1.54) is 12.1 Å². The van der Waals surface area contributed by atoms with Gasteiger partial charge in [-0.25, -0.2) is 18.8 Å². The molecule has 1 heterocycles. The predicted molar refractivity (Wildman–Crippen MR) is 136 cm³/mol. The Morgan fingerprint density at radius 1 is 1.05 bits per heavy atom. The third kappa shape index (κ3) is 5.59. The zero-order valence-corrected chi connectivity index (χ0v) is 21.5. The fourth-order valence-electron chi connectivity index (χ4n) is 3.94. The molecule has 0 spiro atoms. The normalized spacial score (nSPS) is 15.5. The summed E-state index contributed by atoms with van der Waals surface area (Å²) in [5.74, 6) is -4.05. The number of allylic oxidation sites excluding steroid dienone is 1. The van der Waals surface area contributed by atoms with Crippen molar-refractivity contribution in [2.75, 3.05) is 24.4 Å². The minimum absolute atomic E-state index is 0.0178. The van der Waals surface area contributed by atoms with Crippen molar-refractivity contribution in [3.8, 4) is 6.07 Å². The maximum Gasteiger partial charge on any atom is 0.412 e. The summed E-state index contributed by atoms with van der Waals surface area (Å²) in [4.78, 5) is 39.3. The van der Waals surface area contributed by atoms with Gasteiger partial charge in [0.05, 0.1) is 48.7 Å². The monoisotopic (exact) mass is 522 g/mol. The number of hydrogen-bond acceptors (Lipinski definition) is 9. The lowest BCUT2D eigenvalue weighted by Crippen LogP contribution is -2.40. The van der Waals surface area contributed by atoms with E-state index in [1.807, 2.05) is 6.07 Å². The number of nitriles is 1. The van der Waals surface area contributed by atoms with Gasteiger partial charge in [-0.05, 0) is 38.5 Å². The van der Waals surface area contributed by atoms with E-state index in [2.05, 4.69) is 5.32 Å². The Labute approximate surface area is 219 Å². The number of amides is 1. The molecule has 0 aliphatic carbocycles. The molecule has 0 radical (unpaired) electrons. The zero-order valence-electron chi connectivity index (χ0n) is 21.5. The van der Waals surface area contributed by atoms with Crippen molar-refractivity contribution in [3.05, 3.63) is 82.6 Å². The Balaban J connectivity index is 2.22.